The number of methoxy groups -OCH3 is 1. The lowest BCUT2D eigenvalue weighted by Gasteiger charge is -2.49. The SMILES string of the molecule is CC[C@H]1OC(=O)[C@H](C)[C@@H](O[C@H]2C[C@@](C)(OC)[C@@H](O)[C@H](C)O2)[C@H](C)[C@@H](O[C@@H]2O[C@H](C)C[C@H](N(C)CCC3=CN(C[C@H]4CN(c5cccnc5)C(=O)O4)NN3)[C@H]2O)[C@](C)(O)C[C@@H](C)CN(C)[C@H](C)[C@@H](O)[C@]1(C)O. The number of likely N-dealkylation sites (N-methyl/N-ethyl adjacent to an activating group) is 2. The van der Waals surface area contributed by atoms with Gasteiger partial charge in [-0.25, -0.2) is 4.79 Å². The van der Waals surface area contributed by atoms with Crippen molar-refractivity contribution in [3.63, 3.8) is 0 Å². The van der Waals surface area contributed by atoms with Gasteiger partial charge in [0.15, 0.2) is 12.6 Å². The second kappa shape index (κ2) is 23.5. The van der Waals surface area contributed by atoms with E-state index >= 15 is 0 Å². The molecule has 19 atom stereocenters. The fourth-order valence-electron chi connectivity index (χ4n) is 11.3. The third kappa shape index (κ3) is 13.2. The van der Waals surface area contributed by atoms with Crippen LogP contribution in [0.3, 0.4) is 0 Å². The van der Waals surface area contributed by atoms with Crippen molar-refractivity contribution in [2.24, 2.45) is 17.8 Å². The van der Waals surface area contributed by atoms with Crippen LogP contribution in [-0.4, -0.2) is 201 Å². The first-order valence-corrected chi connectivity index (χ1v) is 25.4. The van der Waals surface area contributed by atoms with E-state index in [-0.39, 0.29) is 37.4 Å². The summed E-state index contributed by atoms with van der Waals surface area (Å²) in [4.78, 5) is 36.8. The van der Waals surface area contributed by atoms with Gasteiger partial charge in [0.1, 0.15) is 36.1 Å². The lowest BCUT2D eigenvalue weighted by Crippen LogP contribution is -2.61. The number of hydrazine groups is 2. The highest BCUT2D eigenvalue weighted by atomic mass is 16.7. The number of aliphatic hydroxyl groups excluding tert-OH is 3. The van der Waals surface area contributed by atoms with E-state index in [0.29, 0.717) is 44.7 Å². The van der Waals surface area contributed by atoms with Crippen molar-refractivity contribution in [1.82, 2.24) is 30.8 Å². The van der Waals surface area contributed by atoms with Crippen LogP contribution in [0.1, 0.15) is 101 Å². The van der Waals surface area contributed by atoms with Crippen molar-refractivity contribution in [2.45, 2.75) is 198 Å². The molecule has 0 bridgehead atoms. The number of nitrogens with one attached hydrogen (secondary N) is 2. The number of rotatable bonds is 13. The average molecular weight is 1010 g/mol. The number of hydrogen-bond donors (Lipinski definition) is 7. The maximum atomic E-state index is 14.5. The predicted octanol–water partition coefficient (Wildman–Crippen LogP) is 2.25. The van der Waals surface area contributed by atoms with E-state index in [1.54, 1.807) is 64.9 Å². The largest absolute Gasteiger partial charge is 0.459 e. The van der Waals surface area contributed by atoms with Crippen molar-refractivity contribution < 1.29 is 68.3 Å². The number of hydrogen-bond acceptors (Lipinski definition) is 20. The number of anilines is 1. The Balaban J connectivity index is 1.23. The first kappa shape index (κ1) is 57.0. The van der Waals surface area contributed by atoms with Gasteiger partial charge >= 0.3 is 12.1 Å². The molecule has 0 unspecified atom stereocenters. The van der Waals surface area contributed by atoms with Gasteiger partial charge < -0.3 is 73.9 Å². The Hall–Kier alpha value is -3.29. The monoisotopic (exact) mass is 1010 g/mol. The number of cyclic esters (lactones) is 2. The average Bonchev–Trinajstić information content (AvgIpc) is 3.94. The number of pyridine rings is 1. The van der Waals surface area contributed by atoms with Crippen LogP contribution < -0.4 is 15.9 Å². The molecule has 0 radical (unpaired) electrons. The van der Waals surface area contributed by atoms with Crippen molar-refractivity contribution in [2.75, 3.05) is 52.3 Å². The van der Waals surface area contributed by atoms with Gasteiger partial charge in [-0.1, -0.05) is 20.8 Å². The highest BCUT2D eigenvalue weighted by Gasteiger charge is 2.53. The Labute approximate surface area is 420 Å². The highest BCUT2D eigenvalue weighted by Crippen LogP contribution is 2.40. The van der Waals surface area contributed by atoms with Crippen molar-refractivity contribution in [3.8, 4) is 0 Å². The van der Waals surface area contributed by atoms with E-state index in [1.165, 1.54) is 14.0 Å². The molecule has 7 N–H and O–H groups in total. The molecule has 1 amide bonds. The summed E-state index contributed by atoms with van der Waals surface area (Å²) in [6, 6.07) is 2.58. The Morgan fingerprint density at radius 2 is 1.69 bits per heavy atom. The third-order valence-electron chi connectivity index (χ3n) is 15.7. The Morgan fingerprint density at radius 3 is 2.35 bits per heavy atom. The molecule has 21 nitrogen and oxygen atoms in total. The molecule has 0 saturated carbocycles. The van der Waals surface area contributed by atoms with Crippen molar-refractivity contribution in [1.29, 1.82) is 0 Å². The number of ether oxygens (including phenoxy) is 7. The molecular weight excluding hydrogens is 923 g/mol. The fourth-order valence-corrected chi connectivity index (χ4v) is 11.3. The standard InChI is InChI=1S/C50H85N7O14/c1-14-38-50(10,64)42(59)32(6)55(12)24-28(2)21-48(8,63)44(30(4)41(31(5)45(61)69-38)70-39-22-49(9,65-13)43(60)33(7)67-39)71-46-40(58)37(20-29(3)66-46)54(11)19-17-34-25-56(53-52-34)26-36-27-57(47(62)68-36)35-16-15-18-51-23-35/h15-16,18,23,25,28-33,36-44,46,52-53,58-60,63-64H,14,17,19-22,24,26-27H2,1-13H3/t28-,29-,30+,31-,32-,33+,36+,37+,38-,39+,40-,41+,42-,43+,44-,46+,48-,49-,50-/m1/s1. The number of amides is 1. The van der Waals surface area contributed by atoms with E-state index in [9.17, 15) is 35.1 Å². The summed E-state index contributed by atoms with van der Waals surface area (Å²) >= 11 is 0. The van der Waals surface area contributed by atoms with Crippen LogP contribution in [0.15, 0.2) is 36.4 Å². The van der Waals surface area contributed by atoms with Crippen LogP contribution in [-0.2, 0) is 38.0 Å². The fraction of sp³-hybridized carbons (Fsp3) is 0.820. The zero-order chi connectivity index (χ0) is 52.3. The third-order valence-corrected chi connectivity index (χ3v) is 15.7. The Bertz CT molecular complexity index is 1940. The summed E-state index contributed by atoms with van der Waals surface area (Å²) in [5.74, 6) is -2.80. The molecule has 6 heterocycles. The van der Waals surface area contributed by atoms with Gasteiger partial charge in [-0.05, 0) is 99.9 Å². The molecular formula is C50H85N7O14. The van der Waals surface area contributed by atoms with Crippen LogP contribution >= 0.6 is 0 Å². The molecule has 6 rings (SSSR count). The molecule has 1 aromatic rings. The minimum atomic E-state index is -1.84. The molecule has 5 aliphatic heterocycles. The zero-order valence-electron chi connectivity index (χ0n) is 44.1. The van der Waals surface area contributed by atoms with Gasteiger partial charge in [-0.3, -0.25) is 19.7 Å². The molecule has 0 spiro atoms. The van der Waals surface area contributed by atoms with E-state index in [4.69, 9.17) is 33.2 Å². The summed E-state index contributed by atoms with van der Waals surface area (Å²) in [5.41, 5.74) is 3.36. The molecule has 404 valence electrons. The minimum absolute atomic E-state index is 0.0969. The molecule has 0 aliphatic carbocycles. The molecule has 0 aromatic carbocycles. The Morgan fingerprint density at radius 1 is 0.972 bits per heavy atom. The number of carbonyl (C=O) groups is 2. The lowest BCUT2D eigenvalue weighted by molar-refractivity contribution is -0.318. The van der Waals surface area contributed by atoms with Gasteiger partial charge in [0.05, 0.1) is 66.5 Å². The number of aliphatic hydroxyl groups is 5. The molecule has 1 aromatic heterocycles. The van der Waals surface area contributed by atoms with Crippen LogP contribution in [0.4, 0.5) is 10.5 Å². The lowest BCUT2D eigenvalue weighted by atomic mass is 9.77. The van der Waals surface area contributed by atoms with Crippen molar-refractivity contribution in [3.05, 3.63) is 36.4 Å². The normalized spacial score (nSPS) is 42.5. The zero-order valence-corrected chi connectivity index (χ0v) is 44.1. The topological polar surface area (TPSA) is 250 Å². The number of esters is 1. The first-order valence-electron chi connectivity index (χ1n) is 25.4. The van der Waals surface area contributed by atoms with Crippen LogP contribution in [0.25, 0.3) is 0 Å². The van der Waals surface area contributed by atoms with Gasteiger partial charge in [0.25, 0.3) is 0 Å². The number of nitrogens with zero attached hydrogens (tertiary/aromatic N) is 5. The van der Waals surface area contributed by atoms with Gasteiger partial charge in [0.2, 0.25) is 0 Å². The van der Waals surface area contributed by atoms with Gasteiger partial charge in [-0.15, -0.1) is 5.53 Å². The first-order chi connectivity index (χ1) is 33.3. The van der Waals surface area contributed by atoms with E-state index in [0.717, 1.165) is 5.70 Å². The molecule has 4 saturated heterocycles. The summed E-state index contributed by atoms with van der Waals surface area (Å²) in [5, 5.41) is 61.5. The van der Waals surface area contributed by atoms with Crippen LogP contribution in [0.2, 0.25) is 0 Å². The highest BCUT2D eigenvalue weighted by molar-refractivity contribution is 5.89. The second-order valence-electron chi connectivity index (χ2n) is 21.8. The molecule has 4 fully saturated rings. The van der Waals surface area contributed by atoms with Gasteiger partial charge in [0, 0.05) is 69.1 Å². The maximum Gasteiger partial charge on any atom is 0.414 e. The second-order valence-corrected chi connectivity index (χ2v) is 21.8. The van der Waals surface area contributed by atoms with E-state index in [2.05, 4.69) is 20.8 Å². The van der Waals surface area contributed by atoms with Gasteiger partial charge in [-0.2, -0.15) is 0 Å². The summed E-state index contributed by atoms with van der Waals surface area (Å²) in [7, 11) is 5.27. The number of aromatic nitrogens is 1. The number of carbonyl (C=O) groups excluding carboxylic acids is 2. The van der Waals surface area contributed by atoms with Crippen LogP contribution in [0.5, 0.6) is 0 Å². The van der Waals surface area contributed by atoms with E-state index in [1.807, 2.05) is 57.0 Å². The Kier molecular flexibility index (Phi) is 18.9. The maximum absolute atomic E-state index is 14.5. The molecule has 5 aliphatic rings. The van der Waals surface area contributed by atoms with Crippen LogP contribution in [0, 0.1) is 17.8 Å². The molecule has 21 heteroatoms. The smallest absolute Gasteiger partial charge is 0.414 e. The summed E-state index contributed by atoms with van der Waals surface area (Å²) < 4.78 is 43.9. The molecule has 71 heavy (non-hydrogen) atoms. The predicted molar refractivity (Wildman–Crippen MR) is 261 cm³/mol. The minimum Gasteiger partial charge on any atom is -0.459 e. The summed E-state index contributed by atoms with van der Waals surface area (Å²) in [6.07, 6.45) is -4.15. The van der Waals surface area contributed by atoms with Crippen molar-refractivity contribution >= 4 is 17.7 Å². The quantitative estimate of drug-likeness (QED) is 0.140. The van der Waals surface area contributed by atoms with E-state index < -0.39 is 108 Å². The summed E-state index contributed by atoms with van der Waals surface area (Å²) in [6.45, 7) is 19.3.